The first-order valence-electron chi connectivity index (χ1n) is 9.04. The Kier molecular flexibility index (Phi) is 5.17. The number of hydrogen-bond acceptors (Lipinski definition) is 5. The molecule has 128 valence electrons. The standard InChI is InChI=1S/C18H30N4O/c1-4-18(5-2)15(13-16(18)23-3)21-14-7-11-22(12-8-14)17-19-9-6-10-20-17/h6,9-10,14-16,21H,4-5,7-8,11-13H2,1-3H3/t15-,16+/m0/s1. The van der Waals surface area contributed by atoms with Crippen LogP contribution in [-0.2, 0) is 4.74 Å². The van der Waals surface area contributed by atoms with Crippen LogP contribution in [0.3, 0.4) is 0 Å². The van der Waals surface area contributed by atoms with Crippen molar-refractivity contribution < 1.29 is 4.74 Å². The van der Waals surface area contributed by atoms with Gasteiger partial charge in [-0.1, -0.05) is 13.8 Å². The minimum atomic E-state index is 0.328. The van der Waals surface area contributed by atoms with E-state index in [0.717, 1.165) is 38.3 Å². The van der Waals surface area contributed by atoms with E-state index in [1.165, 1.54) is 12.8 Å². The zero-order chi connectivity index (χ0) is 16.3. The van der Waals surface area contributed by atoms with Gasteiger partial charge in [0.15, 0.2) is 0 Å². The Hall–Kier alpha value is -1.20. The summed E-state index contributed by atoms with van der Waals surface area (Å²) < 4.78 is 5.71. The van der Waals surface area contributed by atoms with Gasteiger partial charge >= 0.3 is 0 Å². The van der Waals surface area contributed by atoms with Crippen LogP contribution < -0.4 is 10.2 Å². The molecule has 1 saturated carbocycles. The molecule has 5 heteroatoms. The highest BCUT2D eigenvalue weighted by molar-refractivity contribution is 5.29. The minimum Gasteiger partial charge on any atom is -0.381 e. The van der Waals surface area contributed by atoms with Crippen LogP contribution >= 0.6 is 0 Å². The maximum absolute atomic E-state index is 5.71. The van der Waals surface area contributed by atoms with Crippen molar-refractivity contribution in [3.05, 3.63) is 18.5 Å². The van der Waals surface area contributed by atoms with Crippen molar-refractivity contribution in [1.82, 2.24) is 15.3 Å². The summed E-state index contributed by atoms with van der Waals surface area (Å²) in [4.78, 5) is 11.0. The lowest BCUT2D eigenvalue weighted by Gasteiger charge is -2.56. The van der Waals surface area contributed by atoms with Gasteiger partial charge < -0.3 is 15.0 Å². The number of nitrogens with one attached hydrogen (secondary N) is 1. The first-order chi connectivity index (χ1) is 11.2. The molecule has 1 aliphatic carbocycles. The zero-order valence-electron chi connectivity index (χ0n) is 14.7. The molecular weight excluding hydrogens is 288 g/mol. The maximum atomic E-state index is 5.71. The van der Waals surface area contributed by atoms with Crippen LogP contribution in [0.25, 0.3) is 0 Å². The molecule has 1 aliphatic heterocycles. The number of piperidine rings is 1. The first kappa shape index (κ1) is 16.7. The number of ether oxygens (including phenoxy) is 1. The topological polar surface area (TPSA) is 50.3 Å². The lowest BCUT2D eigenvalue weighted by molar-refractivity contribution is -0.126. The average molecular weight is 318 g/mol. The smallest absolute Gasteiger partial charge is 0.225 e. The third kappa shape index (κ3) is 3.09. The van der Waals surface area contributed by atoms with Crippen molar-refractivity contribution in [2.75, 3.05) is 25.1 Å². The van der Waals surface area contributed by atoms with Crippen LogP contribution in [-0.4, -0.2) is 48.4 Å². The lowest BCUT2D eigenvalue weighted by Crippen LogP contribution is -2.65. The quantitative estimate of drug-likeness (QED) is 0.874. The van der Waals surface area contributed by atoms with Gasteiger partial charge in [0.2, 0.25) is 5.95 Å². The molecule has 0 unspecified atom stereocenters. The number of methoxy groups -OCH3 is 1. The Bertz CT molecular complexity index is 483. The molecular formula is C18H30N4O. The molecule has 2 fully saturated rings. The van der Waals surface area contributed by atoms with Gasteiger partial charge in [0.25, 0.3) is 0 Å². The molecule has 1 saturated heterocycles. The van der Waals surface area contributed by atoms with Crippen LogP contribution in [0.5, 0.6) is 0 Å². The normalized spacial score (nSPS) is 27.7. The van der Waals surface area contributed by atoms with E-state index in [1.54, 1.807) is 0 Å². The van der Waals surface area contributed by atoms with Crippen molar-refractivity contribution in [3.8, 4) is 0 Å². The van der Waals surface area contributed by atoms with Crippen LogP contribution in [0.15, 0.2) is 18.5 Å². The number of hydrogen-bond donors (Lipinski definition) is 1. The van der Waals surface area contributed by atoms with Crippen molar-refractivity contribution in [2.45, 2.75) is 64.1 Å². The summed E-state index contributed by atoms with van der Waals surface area (Å²) in [6.45, 7) is 6.68. The predicted octanol–water partition coefficient (Wildman–Crippen LogP) is 2.63. The van der Waals surface area contributed by atoms with E-state index in [2.05, 4.69) is 34.0 Å². The molecule has 3 rings (SSSR count). The summed E-state index contributed by atoms with van der Waals surface area (Å²) in [5.41, 5.74) is 0.328. The fourth-order valence-corrected chi connectivity index (χ4v) is 4.50. The Balaban J connectivity index is 1.53. The van der Waals surface area contributed by atoms with Crippen molar-refractivity contribution in [2.24, 2.45) is 5.41 Å². The molecule has 0 radical (unpaired) electrons. The van der Waals surface area contributed by atoms with Gasteiger partial charge in [-0.3, -0.25) is 0 Å². The molecule has 0 amide bonds. The second-order valence-electron chi connectivity index (χ2n) is 6.93. The summed E-state index contributed by atoms with van der Waals surface area (Å²) in [5.74, 6) is 0.866. The van der Waals surface area contributed by atoms with Crippen LogP contribution in [0.1, 0.15) is 46.0 Å². The number of anilines is 1. The van der Waals surface area contributed by atoms with Gasteiger partial charge in [0, 0.05) is 50.1 Å². The van der Waals surface area contributed by atoms with Crippen molar-refractivity contribution >= 4 is 5.95 Å². The summed E-state index contributed by atoms with van der Waals surface area (Å²) in [6.07, 6.45) is 9.93. The zero-order valence-corrected chi connectivity index (χ0v) is 14.7. The third-order valence-corrected chi connectivity index (χ3v) is 6.15. The molecule has 23 heavy (non-hydrogen) atoms. The van der Waals surface area contributed by atoms with E-state index in [0.29, 0.717) is 23.6 Å². The Morgan fingerprint density at radius 1 is 1.22 bits per heavy atom. The largest absolute Gasteiger partial charge is 0.381 e. The predicted molar refractivity (Wildman–Crippen MR) is 92.6 cm³/mol. The molecule has 1 N–H and O–H groups in total. The van der Waals surface area contributed by atoms with Gasteiger partial charge in [-0.2, -0.15) is 0 Å². The van der Waals surface area contributed by atoms with E-state index in [9.17, 15) is 0 Å². The highest BCUT2D eigenvalue weighted by Gasteiger charge is 2.53. The van der Waals surface area contributed by atoms with Gasteiger partial charge in [-0.25, -0.2) is 9.97 Å². The van der Waals surface area contributed by atoms with Gasteiger partial charge in [0.05, 0.1) is 6.10 Å². The average Bonchev–Trinajstić information content (AvgIpc) is 2.61. The Morgan fingerprint density at radius 2 is 1.87 bits per heavy atom. The minimum absolute atomic E-state index is 0.328. The van der Waals surface area contributed by atoms with Crippen LogP contribution in [0, 0.1) is 5.41 Å². The first-order valence-corrected chi connectivity index (χ1v) is 9.04. The summed E-state index contributed by atoms with van der Waals surface area (Å²) in [5, 5.41) is 3.94. The van der Waals surface area contributed by atoms with Crippen molar-refractivity contribution in [1.29, 1.82) is 0 Å². The molecule has 2 heterocycles. The second kappa shape index (κ2) is 7.14. The summed E-state index contributed by atoms with van der Waals surface area (Å²) in [7, 11) is 1.86. The molecule has 1 aromatic heterocycles. The van der Waals surface area contributed by atoms with E-state index >= 15 is 0 Å². The number of nitrogens with zero attached hydrogens (tertiary/aromatic N) is 3. The Morgan fingerprint density at radius 3 is 2.43 bits per heavy atom. The van der Waals surface area contributed by atoms with Crippen molar-refractivity contribution in [3.63, 3.8) is 0 Å². The molecule has 0 bridgehead atoms. The number of aromatic nitrogens is 2. The summed E-state index contributed by atoms with van der Waals surface area (Å²) in [6, 6.07) is 3.08. The fraction of sp³-hybridized carbons (Fsp3) is 0.778. The molecule has 1 aromatic rings. The maximum Gasteiger partial charge on any atom is 0.225 e. The molecule has 0 aromatic carbocycles. The molecule has 2 atom stereocenters. The highest BCUT2D eigenvalue weighted by atomic mass is 16.5. The number of rotatable bonds is 6. The lowest BCUT2D eigenvalue weighted by atomic mass is 9.58. The van der Waals surface area contributed by atoms with Gasteiger partial charge in [0.1, 0.15) is 0 Å². The molecule has 0 spiro atoms. The van der Waals surface area contributed by atoms with Gasteiger partial charge in [-0.05, 0) is 38.2 Å². The van der Waals surface area contributed by atoms with E-state index in [1.807, 2.05) is 25.6 Å². The van der Waals surface area contributed by atoms with E-state index in [4.69, 9.17) is 4.74 Å². The highest BCUT2D eigenvalue weighted by Crippen LogP contribution is 2.49. The van der Waals surface area contributed by atoms with Crippen LogP contribution in [0.4, 0.5) is 5.95 Å². The summed E-state index contributed by atoms with van der Waals surface area (Å²) >= 11 is 0. The second-order valence-corrected chi connectivity index (χ2v) is 6.93. The fourth-order valence-electron chi connectivity index (χ4n) is 4.50. The molecule has 5 nitrogen and oxygen atoms in total. The third-order valence-electron chi connectivity index (χ3n) is 6.15. The van der Waals surface area contributed by atoms with E-state index in [-0.39, 0.29) is 0 Å². The van der Waals surface area contributed by atoms with Crippen LogP contribution in [0.2, 0.25) is 0 Å². The molecule has 2 aliphatic rings. The van der Waals surface area contributed by atoms with E-state index < -0.39 is 0 Å². The van der Waals surface area contributed by atoms with Gasteiger partial charge in [-0.15, -0.1) is 0 Å². The monoisotopic (exact) mass is 318 g/mol. The SMILES string of the molecule is CCC1(CC)[C@@H](NC2CCN(c3ncccn3)CC2)C[C@H]1OC. The Labute approximate surface area is 139 Å².